The van der Waals surface area contributed by atoms with Gasteiger partial charge in [-0.05, 0) is 48.7 Å². The monoisotopic (exact) mass is 302 g/mol. The van der Waals surface area contributed by atoms with E-state index in [4.69, 9.17) is 16.3 Å². The molecule has 2 aromatic rings. The molecule has 0 N–H and O–H groups in total. The summed E-state index contributed by atoms with van der Waals surface area (Å²) in [5.41, 5.74) is 2.48. The van der Waals surface area contributed by atoms with Gasteiger partial charge < -0.3 is 9.64 Å². The highest BCUT2D eigenvalue weighted by Crippen LogP contribution is 2.32. The minimum absolute atomic E-state index is 0.112. The molecule has 0 saturated carbocycles. The average molecular weight is 303 g/mol. The van der Waals surface area contributed by atoms with E-state index in [-0.39, 0.29) is 11.1 Å². The molecule has 0 atom stereocenters. The topological polar surface area (TPSA) is 42.4 Å². The second-order valence-corrected chi connectivity index (χ2v) is 5.25. The number of aryl methyl sites for hydroxylation is 1. The molecule has 0 spiro atoms. The lowest BCUT2D eigenvalue weighted by molar-refractivity contribution is 0.0985. The van der Waals surface area contributed by atoms with Crippen molar-refractivity contribution in [2.75, 3.05) is 18.6 Å². The molecule has 0 unspecified atom stereocenters. The number of pyridine rings is 1. The van der Waals surface area contributed by atoms with Crippen LogP contribution in [-0.2, 0) is 6.42 Å². The molecule has 0 saturated heterocycles. The first-order valence-corrected chi connectivity index (χ1v) is 7.18. The van der Waals surface area contributed by atoms with Crippen molar-refractivity contribution >= 4 is 23.2 Å². The van der Waals surface area contributed by atoms with E-state index in [1.54, 1.807) is 30.3 Å². The smallest absolute Gasteiger partial charge is 0.261 e. The largest absolute Gasteiger partial charge is 0.497 e. The third kappa shape index (κ3) is 2.59. The molecule has 1 amide bonds. The Balaban J connectivity index is 1.99. The van der Waals surface area contributed by atoms with Crippen LogP contribution in [0.5, 0.6) is 5.75 Å². The number of methoxy groups -OCH3 is 1. The summed E-state index contributed by atoms with van der Waals surface area (Å²) in [5.74, 6) is 0.696. The van der Waals surface area contributed by atoms with Crippen LogP contribution in [0, 0.1) is 0 Å². The number of halogens is 1. The highest BCUT2D eigenvalue weighted by molar-refractivity contribution is 6.33. The van der Waals surface area contributed by atoms with E-state index in [1.165, 1.54) is 0 Å². The first-order chi connectivity index (χ1) is 10.2. The standard InChI is InChI=1S/C16H15ClN2O2/c1-21-12-6-7-14-11(10-12)4-3-9-19(14)16(20)13-5-2-8-18-15(13)17/h2,5-8,10H,3-4,9H2,1H3. The minimum atomic E-state index is -0.112. The molecule has 0 fully saturated rings. The molecule has 2 heterocycles. The van der Waals surface area contributed by atoms with E-state index < -0.39 is 0 Å². The molecular formula is C16H15ClN2O2. The van der Waals surface area contributed by atoms with Crippen LogP contribution in [0.3, 0.4) is 0 Å². The van der Waals surface area contributed by atoms with Crippen molar-refractivity contribution < 1.29 is 9.53 Å². The van der Waals surface area contributed by atoms with E-state index in [2.05, 4.69) is 4.98 Å². The zero-order chi connectivity index (χ0) is 14.8. The number of anilines is 1. The van der Waals surface area contributed by atoms with Gasteiger partial charge in [0, 0.05) is 18.4 Å². The van der Waals surface area contributed by atoms with Crippen LogP contribution in [-0.4, -0.2) is 24.5 Å². The number of aromatic nitrogens is 1. The number of amides is 1. The van der Waals surface area contributed by atoms with Gasteiger partial charge in [0.2, 0.25) is 0 Å². The Bertz CT molecular complexity index is 688. The number of hydrogen-bond donors (Lipinski definition) is 0. The summed E-state index contributed by atoms with van der Waals surface area (Å²) >= 11 is 6.03. The second-order valence-electron chi connectivity index (χ2n) is 4.90. The summed E-state index contributed by atoms with van der Waals surface area (Å²) in [4.78, 5) is 18.4. The minimum Gasteiger partial charge on any atom is -0.497 e. The number of rotatable bonds is 2. The Morgan fingerprint density at radius 3 is 3.00 bits per heavy atom. The maximum atomic E-state index is 12.7. The maximum Gasteiger partial charge on any atom is 0.261 e. The van der Waals surface area contributed by atoms with Crippen molar-refractivity contribution in [2.24, 2.45) is 0 Å². The fraction of sp³-hybridized carbons (Fsp3) is 0.250. The Morgan fingerprint density at radius 2 is 2.24 bits per heavy atom. The summed E-state index contributed by atoms with van der Waals surface area (Å²) in [6.45, 7) is 0.684. The number of hydrogen-bond acceptors (Lipinski definition) is 3. The number of ether oxygens (including phenoxy) is 1. The van der Waals surface area contributed by atoms with Gasteiger partial charge in [0.05, 0.1) is 12.7 Å². The van der Waals surface area contributed by atoms with E-state index in [9.17, 15) is 4.79 Å². The van der Waals surface area contributed by atoms with Gasteiger partial charge in [0.1, 0.15) is 10.9 Å². The lowest BCUT2D eigenvalue weighted by Crippen LogP contribution is -2.35. The molecule has 0 radical (unpaired) electrons. The molecule has 1 aromatic carbocycles. The number of fused-ring (bicyclic) bond motifs is 1. The highest BCUT2D eigenvalue weighted by Gasteiger charge is 2.25. The van der Waals surface area contributed by atoms with Crippen LogP contribution in [0.1, 0.15) is 22.3 Å². The molecular weight excluding hydrogens is 288 g/mol. The number of carbonyl (C=O) groups is 1. The number of carbonyl (C=O) groups excluding carboxylic acids is 1. The average Bonchev–Trinajstić information content (AvgIpc) is 2.53. The third-order valence-corrected chi connectivity index (χ3v) is 3.94. The Labute approximate surface area is 128 Å². The van der Waals surface area contributed by atoms with Crippen LogP contribution >= 0.6 is 11.6 Å². The lowest BCUT2D eigenvalue weighted by atomic mass is 10.0. The van der Waals surface area contributed by atoms with Gasteiger partial charge in [0.15, 0.2) is 0 Å². The maximum absolute atomic E-state index is 12.7. The van der Waals surface area contributed by atoms with Crippen molar-refractivity contribution in [3.05, 3.63) is 52.8 Å². The van der Waals surface area contributed by atoms with Crippen molar-refractivity contribution in [1.82, 2.24) is 4.98 Å². The Kier molecular flexibility index (Phi) is 3.80. The molecule has 3 rings (SSSR count). The predicted molar refractivity (Wildman–Crippen MR) is 82.2 cm³/mol. The number of nitrogens with zero attached hydrogens (tertiary/aromatic N) is 2. The molecule has 1 aliphatic heterocycles. The molecule has 1 aromatic heterocycles. The molecule has 21 heavy (non-hydrogen) atoms. The molecule has 5 heteroatoms. The fourth-order valence-corrected chi connectivity index (χ4v) is 2.80. The van der Waals surface area contributed by atoms with Crippen molar-refractivity contribution in [2.45, 2.75) is 12.8 Å². The first kappa shape index (κ1) is 13.9. The summed E-state index contributed by atoms with van der Waals surface area (Å²) in [6, 6.07) is 9.21. The van der Waals surface area contributed by atoms with Gasteiger partial charge in [-0.25, -0.2) is 4.98 Å². The summed E-state index contributed by atoms with van der Waals surface area (Å²) in [6.07, 6.45) is 3.44. The van der Waals surface area contributed by atoms with E-state index in [1.807, 2.05) is 18.2 Å². The van der Waals surface area contributed by atoms with Gasteiger partial charge in [0.25, 0.3) is 5.91 Å². The first-order valence-electron chi connectivity index (χ1n) is 6.80. The van der Waals surface area contributed by atoms with Crippen LogP contribution < -0.4 is 9.64 Å². The fourth-order valence-electron chi connectivity index (χ4n) is 2.60. The van der Waals surface area contributed by atoms with Crippen LogP contribution in [0.4, 0.5) is 5.69 Å². The molecule has 108 valence electrons. The molecule has 0 bridgehead atoms. The lowest BCUT2D eigenvalue weighted by Gasteiger charge is -2.30. The SMILES string of the molecule is COc1ccc2c(c1)CCCN2C(=O)c1cccnc1Cl. The predicted octanol–water partition coefficient (Wildman–Crippen LogP) is 3.34. The van der Waals surface area contributed by atoms with Crippen molar-refractivity contribution in [3.8, 4) is 5.75 Å². The quantitative estimate of drug-likeness (QED) is 0.799. The highest BCUT2D eigenvalue weighted by atomic mass is 35.5. The molecule has 4 nitrogen and oxygen atoms in total. The molecule has 0 aliphatic carbocycles. The normalized spacial score (nSPS) is 13.7. The van der Waals surface area contributed by atoms with Crippen LogP contribution in [0.2, 0.25) is 5.15 Å². The van der Waals surface area contributed by atoms with Gasteiger partial charge in [-0.2, -0.15) is 0 Å². The van der Waals surface area contributed by atoms with Crippen molar-refractivity contribution in [1.29, 1.82) is 0 Å². The van der Waals surface area contributed by atoms with Crippen LogP contribution in [0.25, 0.3) is 0 Å². The van der Waals surface area contributed by atoms with Gasteiger partial charge in [-0.15, -0.1) is 0 Å². The van der Waals surface area contributed by atoms with E-state index >= 15 is 0 Å². The van der Waals surface area contributed by atoms with Crippen LogP contribution in [0.15, 0.2) is 36.5 Å². The van der Waals surface area contributed by atoms with Gasteiger partial charge in [-0.1, -0.05) is 11.6 Å². The zero-order valence-corrected chi connectivity index (χ0v) is 12.4. The summed E-state index contributed by atoms with van der Waals surface area (Å²) in [5, 5.41) is 0.239. The van der Waals surface area contributed by atoms with E-state index in [0.717, 1.165) is 29.8 Å². The Morgan fingerprint density at radius 1 is 1.38 bits per heavy atom. The third-order valence-electron chi connectivity index (χ3n) is 3.64. The van der Waals surface area contributed by atoms with Gasteiger partial charge >= 0.3 is 0 Å². The molecule has 1 aliphatic rings. The zero-order valence-electron chi connectivity index (χ0n) is 11.7. The second kappa shape index (κ2) is 5.74. The van der Waals surface area contributed by atoms with Crippen molar-refractivity contribution in [3.63, 3.8) is 0 Å². The van der Waals surface area contributed by atoms with E-state index in [0.29, 0.717) is 12.1 Å². The number of benzene rings is 1. The Hall–Kier alpha value is -2.07. The van der Waals surface area contributed by atoms with Gasteiger partial charge in [-0.3, -0.25) is 4.79 Å². The summed E-state index contributed by atoms with van der Waals surface area (Å²) < 4.78 is 5.25. The summed E-state index contributed by atoms with van der Waals surface area (Å²) in [7, 11) is 1.64.